The molecule has 34 heavy (non-hydrogen) atoms. The van der Waals surface area contributed by atoms with Crippen molar-refractivity contribution in [3.63, 3.8) is 0 Å². The van der Waals surface area contributed by atoms with Crippen LogP contribution in [0.15, 0.2) is 48.5 Å². The van der Waals surface area contributed by atoms with Crippen LogP contribution in [0.1, 0.15) is 67.2 Å². The predicted molar refractivity (Wildman–Crippen MR) is 138 cm³/mol. The molecular formula is C29H34ClN3O. The van der Waals surface area contributed by atoms with Gasteiger partial charge in [-0.1, -0.05) is 68.3 Å². The minimum atomic E-state index is -0.0820. The Hall–Kier alpha value is -2.59. The lowest BCUT2D eigenvalue weighted by Crippen LogP contribution is -2.52. The van der Waals surface area contributed by atoms with Crippen LogP contribution in [0.25, 0.3) is 11.3 Å². The first kappa shape index (κ1) is 23.2. The van der Waals surface area contributed by atoms with E-state index >= 15 is 0 Å². The normalized spacial score (nSPS) is 25.0. The molecular weight excluding hydrogens is 442 g/mol. The van der Waals surface area contributed by atoms with Gasteiger partial charge in [0, 0.05) is 16.6 Å². The van der Waals surface area contributed by atoms with Crippen LogP contribution in [0.5, 0.6) is 0 Å². The van der Waals surface area contributed by atoms with Crippen molar-refractivity contribution < 1.29 is 4.79 Å². The zero-order chi connectivity index (χ0) is 24.3. The third-order valence-corrected chi connectivity index (χ3v) is 8.89. The van der Waals surface area contributed by atoms with Crippen LogP contribution < -0.4 is 5.32 Å². The zero-order valence-electron chi connectivity index (χ0n) is 20.8. The van der Waals surface area contributed by atoms with Gasteiger partial charge in [-0.05, 0) is 79.2 Å². The number of rotatable bonds is 5. The lowest BCUT2D eigenvalue weighted by molar-refractivity contribution is 0.0732. The van der Waals surface area contributed by atoms with E-state index in [0.717, 1.165) is 27.4 Å². The van der Waals surface area contributed by atoms with Crippen LogP contribution in [0.2, 0.25) is 5.02 Å². The van der Waals surface area contributed by atoms with E-state index in [-0.39, 0.29) is 22.8 Å². The fourth-order valence-corrected chi connectivity index (χ4v) is 6.54. The molecule has 5 rings (SSSR count). The number of benzene rings is 2. The average molecular weight is 476 g/mol. The fourth-order valence-electron chi connectivity index (χ4n) is 6.42. The average Bonchev–Trinajstić information content (AvgIpc) is 3.44. The molecule has 4 nitrogen and oxygen atoms in total. The van der Waals surface area contributed by atoms with Crippen LogP contribution in [0.3, 0.4) is 0 Å². The molecule has 0 spiro atoms. The number of carbonyl (C=O) groups is 1. The van der Waals surface area contributed by atoms with Crippen molar-refractivity contribution in [1.29, 1.82) is 0 Å². The van der Waals surface area contributed by atoms with Crippen LogP contribution in [0, 0.1) is 30.6 Å². The van der Waals surface area contributed by atoms with Crippen LogP contribution in [-0.2, 0) is 6.54 Å². The van der Waals surface area contributed by atoms with E-state index in [1.807, 2.05) is 29.8 Å². The number of aromatic nitrogens is 2. The number of amides is 1. The molecule has 5 heteroatoms. The van der Waals surface area contributed by atoms with Gasteiger partial charge in [-0.25, -0.2) is 0 Å². The molecule has 1 amide bonds. The summed E-state index contributed by atoms with van der Waals surface area (Å²) < 4.78 is 1.94. The van der Waals surface area contributed by atoms with Crippen molar-refractivity contribution in [2.24, 2.45) is 16.7 Å². The van der Waals surface area contributed by atoms with Gasteiger partial charge in [0.05, 0.1) is 12.2 Å². The molecule has 0 aliphatic heterocycles. The minimum absolute atomic E-state index is 0.0820. The maximum absolute atomic E-state index is 13.5. The van der Waals surface area contributed by atoms with Gasteiger partial charge in [0.1, 0.15) is 0 Å². The third-order valence-electron chi connectivity index (χ3n) is 8.46. The predicted octanol–water partition coefficient (Wildman–Crippen LogP) is 6.81. The summed E-state index contributed by atoms with van der Waals surface area (Å²) in [6, 6.07) is 16.5. The number of hydrogen-bond donors (Lipinski definition) is 1. The summed E-state index contributed by atoms with van der Waals surface area (Å²) >= 11 is 6.29. The number of aryl methyl sites for hydroxylation is 2. The lowest BCUT2D eigenvalue weighted by atomic mass is 9.68. The van der Waals surface area contributed by atoms with Crippen LogP contribution in [-0.4, -0.2) is 21.7 Å². The Balaban J connectivity index is 1.49. The zero-order valence-corrected chi connectivity index (χ0v) is 21.5. The molecule has 2 saturated carbocycles. The Morgan fingerprint density at radius 3 is 2.50 bits per heavy atom. The molecule has 2 fully saturated rings. The first-order valence-corrected chi connectivity index (χ1v) is 12.7. The molecule has 1 unspecified atom stereocenters. The Morgan fingerprint density at radius 1 is 1.12 bits per heavy atom. The molecule has 2 aliphatic carbocycles. The highest BCUT2D eigenvalue weighted by Gasteiger charge is 2.59. The highest BCUT2D eigenvalue weighted by molar-refractivity contribution is 6.31. The molecule has 3 aromatic rings. The SMILES string of the molecule is Cc1ccc(Cn2nc(C(=O)NC3C(C)(C)[C@@H]4CC[C@@]3(C)C4)cc2-c2ccc(Cl)c(C)c2)cc1. The minimum Gasteiger partial charge on any atom is -0.347 e. The summed E-state index contributed by atoms with van der Waals surface area (Å²) in [6.45, 7) is 11.6. The van der Waals surface area contributed by atoms with Crippen molar-refractivity contribution in [3.05, 3.63) is 75.9 Å². The van der Waals surface area contributed by atoms with Crippen LogP contribution >= 0.6 is 11.6 Å². The first-order chi connectivity index (χ1) is 16.1. The Kier molecular flexibility index (Phi) is 5.63. The van der Waals surface area contributed by atoms with Gasteiger partial charge < -0.3 is 5.32 Å². The Bertz CT molecular complexity index is 1240. The summed E-state index contributed by atoms with van der Waals surface area (Å²) in [5, 5.41) is 8.94. The molecule has 0 radical (unpaired) electrons. The Labute approximate surface area is 207 Å². The third kappa shape index (κ3) is 3.96. The first-order valence-electron chi connectivity index (χ1n) is 12.3. The lowest BCUT2D eigenvalue weighted by Gasteiger charge is -2.42. The van der Waals surface area contributed by atoms with Crippen LogP contribution in [0.4, 0.5) is 0 Å². The summed E-state index contributed by atoms with van der Waals surface area (Å²) in [5.41, 5.74) is 6.04. The van der Waals surface area contributed by atoms with E-state index < -0.39 is 0 Å². The van der Waals surface area contributed by atoms with Gasteiger partial charge >= 0.3 is 0 Å². The number of hydrogen-bond acceptors (Lipinski definition) is 2. The van der Waals surface area contributed by atoms with Crippen molar-refractivity contribution >= 4 is 17.5 Å². The summed E-state index contributed by atoms with van der Waals surface area (Å²) in [4.78, 5) is 13.5. The number of carbonyl (C=O) groups excluding carboxylic acids is 1. The maximum Gasteiger partial charge on any atom is 0.272 e. The van der Waals surface area contributed by atoms with Crippen molar-refractivity contribution in [2.75, 3.05) is 0 Å². The number of nitrogens with zero attached hydrogens (tertiary/aromatic N) is 2. The second-order valence-electron chi connectivity index (χ2n) is 11.3. The highest BCUT2D eigenvalue weighted by atomic mass is 35.5. The highest BCUT2D eigenvalue weighted by Crippen LogP contribution is 2.62. The molecule has 178 valence electrons. The van der Waals surface area contributed by atoms with Gasteiger partial charge in [-0.15, -0.1) is 0 Å². The second-order valence-corrected chi connectivity index (χ2v) is 11.8. The summed E-state index contributed by atoms with van der Waals surface area (Å²) in [7, 11) is 0. The van der Waals surface area contributed by atoms with Crippen molar-refractivity contribution in [2.45, 2.75) is 66.5 Å². The van der Waals surface area contributed by atoms with E-state index in [4.69, 9.17) is 16.7 Å². The van der Waals surface area contributed by atoms with Gasteiger partial charge in [0.15, 0.2) is 5.69 Å². The largest absolute Gasteiger partial charge is 0.347 e. The van der Waals surface area contributed by atoms with Gasteiger partial charge in [0.2, 0.25) is 0 Å². The monoisotopic (exact) mass is 475 g/mol. The fraction of sp³-hybridized carbons (Fsp3) is 0.448. The van der Waals surface area contributed by atoms with Gasteiger partial charge in [-0.3, -0.25) is 9.48 Å². The second kappa shape index (κ2) is 8.27. The van der Waals surface area contributed by atoms with E-state index in [2.05, 4.69) is 63.3 Å². The van der Waals surface area contributed by atoms with E-state index in [0.29, 0.717) is 18.2 Å². The topological polar surface area (TPSA) is 46.9 Å². The number of fused-ring (bicyclic) bond motifs is 2. The molecule has 1 N–H and O–H groups in total. The molecule has 3 atom stereocenters. The maximum atomic E-state index is 13.5. The molecule has 1 heterocycles. The van der Waals surface area contributed by atoms with Crippen molar-refractivity contribution in [3.8, 4) is 11.3 Å². The smallest absolute Gasteiger partial charge is 0.272 e. The molecule has 2 bridgehead atoms. The summed E-state index contributed by atoms with van der Waals surface area (Å²) in [5.74, 6) is 0.593. The quantitative estimate of drug-likeness (QED) is 0.440. The number of nitrogens with one attached hydrogen (secondary N) is 1. The molecule has 2 aliphatic rings. The number of halogens is 1. The molecule has 2 aromatic carbocycles. The van der Waals surface area contributed by atoms with Crippen molar-refractivity contribution in [1.82, 2.24) is 15.1 Å². The molecule has 0 saturated heterocycles. The van der Waals surface area contributed by atoms with Gasteiger partial charge in [0.25, 0.3) is 5.91 Å². The summed E-state index contributed by atoms with van der Waals surface area (Å²) in [6.07, 6.45) is 3.65. The van der Waals surface area contributed by atoms with E-state index in [9.17, 15) is 4.79 Å². The van der Waals surface area contributed by atoms with E-state index in [1.54, 1.807) is 0 Å². The standard InChI is InChI=1S/C29H34ClN3O/c1-18-6-8-20(9-7-18)17-33-25(21-10-11-23(30)19(2)14-21)15-24(32-33)26(34)31-27-28(3,4)22-12-13-29(27,5)16-22/h6-11,14-15,22,27H,12-13,16-17H2,1-5H3,(H,31,34)/t22-,27?,29+/m1/s1. The Morgan fingerprint density at radius 2 is 1.85 bits per heavy atom. The molecule has 1 aromatic heterocycles. The van der Waals surface area contributed by atoms with E-state index in [1.165, 1.54) is 24.8 Å². The van der Waals surface area contributed by atoms with Gasteiger partial charge in [-0.2, -0.15) is 5.10 Å².